The third-order valence-electron chi connectivity index (χ3n) is 1.44. The van der Waals surface area contributed by atoms with E-state index in [-0.39, 0.29) is 30.8 Å². The first-order chi connectivity index (χ1) is 5.97. The van der Waals surface area contributed by atoms with Gasteiger partial charge in [-0.05, 0) is 13.8 Å². The zero-order valence-corrected chi connectivity index (χ0v) is 9.39. The van der Waals surface area contributed by atoms with Gasteiger partial charge in [0.15, 0.2) is 0 Å². The highest BCUT2D eigenvalue weighted by atomic mass is 35.5. The highest BCUT2D eigenvalue weighted by Crippen LogP contribution is 1.90. The molecule has 1 amide bonds. The SMILES string of the molecule is COC(=O)[C@@H](C)NC(=O)C[C@@H](C)N.Cl. The van der Waals surface area contributed by atoms with Crippen molar-refractivity contribution < 1.29 is 14.3 Å². The second-order valence-corrected chi connectivity index (χ2v) is 2.99. The topological polar surface area (TPSA) is 81.4 Å². The summed E-state index contributed by atoms with van der Waals surface area (Å²) in [4.78, 5) is 22.0. The summed E-state index contributed by atoms with van der Waals surface area (Å²) < 4.78 is 4.43. The molecule has 0 aliphatic rings. The molecule has 0 radical (unpaired) electrons. The molecule has 0 unspecified atom stereocenters. The molecule has 14 heavy (non-hydrogen) atoms. The van der Waals surface area contributed by atoms with Crippen LogP contribution in [0.25, 0.3) is 0 Å². The van der Waals surface area contributed by atoms with Crippen LogP contribution in [-0.4, -0.2) is 31.1 Å². The third-order valence-corrected chi connectivity index (χ3v) is 1.44. The fraction of sp³-hybridized carbons (Fsp3) is 0.750. The quantitative estimate of drug-likeness (QED) is 0.650. The zero-order chi connectivity index (χ0) is 10.4. The number of carbonyl (C=O) groups excluding carboxylic acids is 2. The van der Waals surface area contributed by atoms with Crippen LogP contribution in [0.3, 0.4) is 0 Å². The Bertz CT molecular complexity index is 197. The van der Waals surface area contributed by atoms with E-state index in [4.69, 9.17) is 5.73 Å². The number of hydrogen-bond donors (Lipinski definition) is 2. The summed E-state index contributed by atoms with van der Waals surface area (Å²) in [6, 6.07) is -0.818. The molecule has 3 N–H and O–H groups in total. The van der Waals surface area contributed by atoms with Gasteiger partial charge in [-0.25, -0.2) is 4.79 Å². The number of halogens is 1. The van der Waals surface area contributed by atoms with Crippen molar-refractivity contribution in [2.45, 2.75) is 32.4 Å². The lowest BCUT2D eigenvalue weighted by Crippen LogP contribution is -2.41. The Morgan fingerprint density at radius 3 is 2.29 bits per heavy atom. The minimum absolute atomic E-state index is 0. The zero-order valence-electron chi connectivity index (χ0n) is 8.57. The average molecular weight is 225 g/mol. The smallest absolute Gasteiger partial charge is 0.328 e. The van der Waals surface area contributed by atoms with Crippen LogP contribution in [0, 0.1) is 0 Å². The molecule has 0 aromatic carbocycles. The molecule has 84 valence electrons. The molecule has 0 spiro atoms. The van der Waals surface area contributed by atoms with E-state index >= 15 is 0 Å². The molecular weight excluding hydrogens is 208 g/mol. The molecule has 0 aromatic rings. The fourth-order valence-electron chi connectivity index (χ4n) is 0.829. The summed E-state index contributed by atoms with van der Waals surface area (Å²) in [7, 11) is 1.27. The van der Waals surface area contributed by atoms with Crippen LogP contribution in [-0.2, 0) is 14.3 Å². The predicted octanol–water partition coefficient (Wildman–Crippen LogP) is -0.177. The van der Waals surface area contributed by atoms with E-state index in [0.717, 1.165) is 0 Å². The van der Waals surface area contributed by atoms with Gasteiger partial charge in [0.1, 0.15) is 6.04 Å². The second kappa shape index (κ2) is 7.58. The van der Waals surface area contributed by atoms with E-state index in [0.29, 0.717) is 0 Å². The molecule has 0 rings (SSSR count). The van der Waals surface area contributed by atoms with Crippen LogP contribution in [0.1, 0.15) is 20.3 Å². The van der Waals surface area contributed by atoms with Gasteiger partial charge in [0, 0.05) is 12.5 Å². The molecule has 0 heterocycles. The van der Waals surface area contributed by atoms with Gasteiger partial charge in [-0.2, -0.15) is 0 Å². The number of amides is 1. The van der Waals surface area contributed by atoms with Gasteiger partial charge >= 0.3 is 5.97 Å². The minimum Gasteiger partial charge on any atom is -0.467 e. The lowest BCUT2D eigenvalue weighted by molar-refractivity contribution is -0.144. The number of hydrogen-bond acceptors (Lipinski definition) is 4. The molecule has 0 aliphatic carbocycles. The van der Waals surface area contributed by atoms with E-state index in [1.165, 1.54) is 7.11 Å². The summed E-state index contributed by atoms with van der Waals surface area (Å²) in [5.74, 6) is -0.703. The lowest BCUT2D eigenvalue weighted by atomic mass is 10.2. The summed E-state index contributed by atoms with van der Waals surface area (Å²) >= 11 is 0. The van der Waals surface area contributed by atoms with E-state index in [2.05, 4.69) is 10.1 Å². The van der Waals surface area contributed by atoms with Crippen LogP contribution in [0.2, 0.25) is 0 Å². The molecule has 0 fully saturated rings. The third kappa shape index (κ3) is 6.68. The molecule has 6 heteroatoms. The number of methoxy groups -OCH3 is 1. The van der Waals surface area contributed by atoms with Gasteiger partial charge in [-0.1, -0.05) is 0 Å². The summed E-state index contributed by atoms with van der Waals surface area (Å²) in [6.07, 6.45) is 0.210. The summed E-state index contributed by atoms with van der Waals surface area (Å²) in [5.41, 5.74) is 5.40. The van der Waals surface area contributed by atoms with E-state index in [1.54, 1.807) is 13.8 Å². The molecule has 2 atom stereocenters. The van der Waals surface area contributed by atoms with Gasteiger partial charge < -0.3 is 15.8 Å². The molecule has 5 nitrogen and oxygen atoms in total. The number of carbonyl (C=O) groups is 2. The first kappa shape index (κ1) is 15.7. The maximum atomic E-state index is 11.1. The lowest BCUT2D eigenvalue weighted by Gasteiger charge is -2.12. The predicted molar refractivity (Wildman–Crippen MR) is 55.1 cm³/mol. The number of ether oxygens (including phenoxy) is 1. The van der Waals surface area contributed by atoms with Crippen LogP contribution < -0.4 is 11.1 Å². The average Bonchev–Trinajstić information content (AvgIpc) is 2.01. The number of rotatable bonds is 4. The maximum absolute atomic E-state index is 11.1. The number of esters is 1. The number of nitrogens with two attached hydrogens (primary N) is 1. The Balaban J connectivity index is 0. The largest absolute Gasteiger partial charge is 0.467 e. The molecule has 0 saturated carbocycles. The minimum atomic E-state index is -0.615. The highest BCUT2D eigenvalue weighted by molar-refractivity contribution is 5.85. The van der Waals surface area contributed by atoms with Gasteiger partial charge in [0.05, 0.1) is 7.11 Å². The van der Waals surface area contributed by atoms with Crippen molar-refractivity contribution in [1.29, 1.82) is 0 Å². The second-order valence-electron chi connectivity index (χ2n) is 2.99. The Kier molecular flexibility index (Phi) is 8.48. The molecular formula is C8H17ClN2O3. The molecule has 0 saturated heterocycles. The Hall–Kier alpha value is -0.810. The van der Waals surface area contributed by atoms with E-state index in [9.17, 15) is 9.59 Å². The fourth-order valence-corrected chi connectivity index (χ4v) is 0.829. The van der Waals surface area contributed by atoms with Crippen molar-refractivity contribution in [2.75, 3.05) is 7.11 Å². The van der Waals surface area contributed by atoms with Crippen molar-refractivity contribution in [3.05, 3.63) is 0 Å². The molecule has 0 aliphatic heterocycles. The molecule has 0 bridgehead atoms. The summed E-state index contributed by atoms with van der Waals surface area (Å²) in [5, 5.41) is 2.47. The van der Waals surface area contributed by atoms with Crippen LogP contribution in [0.15, 0.2) is 0 Å². The van der Waals surface area contributed by atoms with Crippen molar-refractivity contribution in [1.82, 2.24) is 5.32 Å². The Morgan fingerprint density at radius 2 is 1.93 bits per heavy atom. The van der Waals surface area contributed by atoms with Gasteiger partial charge in [-0.3, -0.25) is 4.79 Å². The van der Waals surface area contributed by atoms with E-state index in [1.807, 2.05) is 0 Å². The van der Waals surface area contributed by atoms with Crippen LogP contribution >= 0.6 is 12.4 Å². The molecule has 0 aromatic heterocycles. The van der Waals surface area contributed by atoms with Crippen molar-refractivity contribution >= 4 is 24.3 Å². The highest BCUT2D eigenvalue weighted by Gasteiger charge is 2.15. The van der Waals surface area contributed by atoms with Crippen molar-refractivity contribution in [3.63, 3.8) is 0 Å². The van der Waals surface area contributed by atoms with Crippen LogP contribution in [0.4, 0.5) is 0 Å². The Morgan fingerprint density at radius 1 is 1.43 bits per heavy atom. The monoisotopic (exact) mass is 224 g/mol. The standard InChI is InChI=1S/C8H16N2O3.ClH/c1-5(9)4-7(11)10-6(2)8(12)13-3;/h5-6H,4,9H2,1-3H3,(H,10,11);1H/t5-,6-;/m1./s1. The first-order valence-corrected chi connectivity index (χ1v) is 4.10. The van der Waals surface area contributed by atoms with Crippen LogP contribution in [0.5, 0.6) is 0 Å². The van der Waals surface area contributed by atoms with Gasteiger partial charge in [-0.15, -0.1) is 12.4 Å². The normalized spacial score (nSPS) is 13.4. The first-order valence-electron chi connectivity index (χ1n) is 4.10. The number of nitrogens with one attached hydrogen (secondary N) is 1. The van der Waals surface area contributed by atoms with Gasteiger partial charge in [0.2, 0.25) is 5.91 Å². The maximum Gasteiger partial charge on any atom is 0.328 e. The van der Waals surface area contributed by atoms with Crippen molar-refractivity contribution in [2.24, 2.45) is 5.73 Å². The summed E-state index contributed by atoms with van der Waals surface area (Å²) in [6.45, 7) is 3.29. The van der Waals surface area contributed by atoms with Crippen molar-refractivity contribution in [3.8, 4) is 0 Å². The Labute approximate surface area is 89.8 Å². The van der Waals surface area contributed by atoms with E-state index < -0.39 is 12.0 Å². The van der Waals surface area contributed by atoms with Gasteiger partial charge in [0.25, 0.3) is 0 Å².